The van der Waals surface area contributed by atoms with Crippen molar-refractivity contribution in [3.63, 3.8) is 0 Å². The van der Waals surface area contributed by atoms with Gasteiger partial charge in [0.2, 0.25) is 34.8 Å². The summed E-state index contributed by atoms with van der Waals surface area (Å²) in [4.78, 5) is 23.0. The van der Waals surface area contributed by atoms with Gasteiger partial charge in [0.1, 0.15) is 5.60 Å². The van der Waals surface area contributed by atoms with E-state index in [4.69, 9.17) is 28.4 Å². The van der Waals surface area contributed by atoms with Crippen LogP contribution in [0.4, 0.5) is 26.7 Å². The van der Waals surface area contributed by atoms with Gasteiger partial charge in [0.05, 0.1) is 72.5 Å². The van der Waals surface area contributed by atoms with Crippen LogP contribution in [0.2, 0.25) is 0 Å². The zero-order valence-electron chi connectivity index (χ0n) is 22.0. The van der Waals surface area contributed by atoms with E-state index in [0.717, 1.165) is 0 Å². The smallest absolute Gasteiger partial charge is 0.407 e. The van der Waals surface area contributed by atoms with Gasteiger partial charge in [-0.3, -0.25) is 4.79 Å². The number of halogens is 5. The van der Waals surface area contributed by atoms with Crippen LogP contribution in [0.1, 0.15) is 27.2 Å². The average Bonchev–Trinajstić information content (AvgIpc) is 2.87. The SMILES string of the molecule is CC(C)(C)OC(=O)NCCOCCOCCOCCOCCOCCC(=O)Oc1c(F)c(F)c(F)c(F)c1F. The summed E-state index contributed by atoms with van der Waals surface area (Å²) in [6.45, 7) is 7.93. The van der Waals surface area contributed by atoms with E-state index in [1.54, 1.807) is 20.8 Å². The molecule has 0 aliphatic heterocycles. The first-order valence-electron chi connectivity index (χ1n) is 12.0. The number of rotatable bonds is 19. The number of amides is 1. The van der Waals surface area contributed by atoms with Crippen molar-refractivity contribution < 1.29 is 64.7 Å². The van der Waals surface area contributed by atoms with E-state index in [1.165, 1.54) is 0 Å². The van der Waals surface area contributed by atoms with Gasteiger partial charge in [-0.15, -0.1) is 0 Å². The van der Waals surface area contributed by atoms with Gasteiger partial charge in [-0.2, -0.15) is 8.78 Å². The van der Waals surface area contributed by atoms with E-state index >= 15 is 0 Å². The van der Waals surface area contributed by atoms with Crippen molar-refractivity contribution >= 4 is 12.1 Å². The summed E-state index contributed by atoms with van der Waals surface area (Å²) in [6, 6.07) is 0. The molecule has 0 aliphatic rings. The number of carbonyl (C=O) groups excluding carboxylic acids is 2. The molecular weight excluding hydrogens is 541 g/mol. The third kappa shape index (κ3) is 15.0. The van der Waals surface area contributed by atoms with E-state index in [1.807, 2.05) is 0 Å². The van der Waals surface area contributed by atoms with Crippen LogP contribution >= 0.6 is 0 Å². The largest absolute Gasteiger partial charge is 0.444 e. The molecular formula is C24H34F5NO9. The second-order valence-electron chi connectivity index (χ2n) is 8.61. The first kappa shape index (κ1) is 34.4. The highest BCUT2D eigenvalue weighted by Crippen LogP contribution is 2.29. The highest BCUT2D eigenvalue weighted by atomic mass is 19.2. The zero-order chi connectivity index (χ0) is 29.3. The number of ether oxygens (including phenoxy) is 7. The van der Waals surface area contributed by atoms with Gasteiger partial charge < -0.3 is 38.5 Å². The van der Waals surface area contributed by atoms with Crippen molar-refractivity contribution in [2.75, 3.05) is 72.6 Å². The number of hydrogen-bond acceptors (Lipinski definition) is 9. The van der Waals surface area contributed by atoms with Crippen LogP contribution in [-0.4, -0.2) is 90.3 Å². The third-order valence-corrected chi connectivity index (χ3v) is 4.24. The monoisotopic (exact) mass is 575 g/mol. The molecule has 0 atom stereocenters. The molecule has 0 aliphatic carbocycles. The fraction of sp³-hybridized carbons (Fsp3) is 0.667. The quantitative estimate of drug-likeness (QED) is 0.0664. The summed E-state index contributed by atoms with van der Waals surface area (Å²) in [5.74, 6) is -14.2. The topological polar surface area (TPSA) is 111 Å². The van der Waals surface area contributed by atoms with Gasteiger partial charge in [-0.05, 0) is 20.8 Å². The molecule has 1 N–H and O–H groups in total. The van der Waals surface area contributed by atoms with Gasteiger partial charge in [-0.1, -0.05) is 0 Å². The maximum atomic E-state index is 13.5. The lowest BCUT2D eigenvalue weighted by Crippen LogP contribution is -2.34. The van der Waals surface area contributed by atoms with Crippen LogP contribution in [0.25, 0.3) is 0 Å². The third-order valence-electron chi connectivity index (χ3n) is 4.24. The van der Waals surface area contributed by atoms with Crippen LogP contribution < -0.4 is 10.1 Å². The first-order valence-corrected chi connectivity index (χ1v) is 12.0. The van der Waals surface area contributed by atoms with Gasteiger partial charge in [-0.25, -0.2) is 18.0 Å². The molecule has 0 aromatic heterocycles. The molecule has 224 valence electrons. The summed E-state index contributed by atoms with van der Waals surface area (Å²) in [7, 11) is 0. The van der Waals surface area contributed by atoms with Crippen molar-refractivity contribution in [1.29, 1.82) is 0 Å². The summed E-state index contributed by atoms with van der Waals surface area (Å²) < 4.78 is 102. The summed E-state index contributed by atoms with van der Waals surface area (Å²) >= 11 is 0. The lowest BCUT2D eigenvalue weighted by Gasteiger charge is -2.19. The van der Waals surface area contributed by atoms with E-state index < -0.39 is 58.9 Å². The molecule has 0 saturated heterocycles. The Morgan fingerprint density at radius 3 is 1.44 bits per heavy atom. The molecule has 0 spiro atoms. The molecule has 1 rings (SSSR count). The molecule has 10 nitrogen and oxygen atoms in total. The number of esters is 1. The number of benzene rings is 1. The first-order chi connectivity index (χ1) is 18.4. The molecule has 0 radical (unpaired) electrons. The Kier molecular flexibility index (Phi) is 16.5. The van der Waals surface area contributed by atoms with Crippen molar-refractivity contribution in [1.82, 2.24) is 5.32 Å². The second-order valence-corrected chi connectivity index (χ2v) is 8.61. The van der Waals surface area contributed by atoms with Crippen LogP contribution in [0.5, 0.6) is 5.75 Å². The van der Waals surface area contributed by atoms with Crippen LogP contribution in [-0.2, 0) is 33.2 Å². The fourth-order valence-corrected chi connectivity index (χ4v) is 2.52. The van der Waals surface area contributed by atoms with Gasteiger partial charge in [0.15, 0.2) is 0 Å². The standard InChI is InChI=1S/C24H34F5NO9/c1-24(2,3)39-23(32)30-5-7-34-9-11-36-13-15-37-14-12-35-10-8-33-6-4-16(31)38-22-20(28)18(26)17(25)19(27)21(22)29/h4-15H2,1-3H3,(H,30,32). The normalized spacial score (nSPS) is 11.5. The van der Waals surface area contributed by atoms with Crippen LogP contribution in [0, 0.1) is 29.1 Å². The lowest BCUT2D eigenvalue weighted by molar-refractivity contribution is -0.136. The van der Waals surface area contributed by atoms with Crippen LogP contribution in [0.15, 0.2) is 0 Å². The molecule has 39 heavy (non-hydrogen) atoms. The Balaban J connectivity index is 1.91. The zero-order valence-corrected chi connectivity index (χ0v) is 22.0. The molecule has 1 aromatic rings. The van der Waals surface area contributed by atoms with Crippen molar-refractivity contribution in [3.8, 4) is 5.75 Å². The second kappa shape index (κ2) is 18.7. The van der Waals surface area contributed by atoms with E-state index in [2.05, 4.69) is 10.1 Å². The predicted molar refractivity (Wildman–Crippen MR) is 125 cm³/mol. The predicted octanol–water partition coefficient (Wildman–Crippen LogP) is 3.29. The van der Waals surface area contributed by atoms with Crippen LogP contribution in [0.3, 0.4) is 0 Å². The minimum Gasteiger partial charge on any atom is -0.444 e. The molecule has 1 amide bonds. The maximum Gasteiger partial charge on any atom is 0.407 e. The molecule has 0 heterocycles. The summed E-state index contributed by atoms with van der Waals surface area (Å²) in [5.41, 5.74) is -0.555. The highest BCUT2D eigenvalue weighted by molar-refractivity contribution is 5.72. The van der Waals surface area contributed by atoms with E-state index in [0.29, 0.717) is 46.2 Å². The molecule has 15 heteroatoms. The Bertz CT molecular complexity index is 871. The molecule has 1 aromatic carbocycles. The molecule has 0 fully saturated rings. The van der Waals surface area contributed by atoms with Crippen molar-refractivity contribution in [3.05, 3.63) is 29.1 Å². The maximum absolute atomic E-state index is 13.5. The van der Waals surface area contributed by atoms with E-state index in [9.17, 15) is 31.5 Å². The van der Waals surface area contributed by atoms with Crippen molar-refractivity contribution in [2.45, 2.75) is 32.8 Å². The number of alkyl carbamates (subject to hydrolysis) is 1. The summed E-state index contributed by atoms with van der Waals surface area (Å²) in [5, 5.41) is 2.57. The van der Waals surface area contributed by atoms with Crippen molar-refractivity contribution in [2.24, 2.45) is 0 Å². The van der Waals surface area contributed by atoms with E-state index in [-0.39, 0.29) is 26.4 Å². The van der Waals surface area contributed by atoms with Gasteiger partial charge >= 0.3 is 12.1 Å². The number of nitrogens with one attached hydrogen (secondary N) is 1. The molecule has 0 unspecified atom stereocenters. The number of carbonyl (C=O) groups is 2. The van der Waals surface area contributed by atoms with Gasteiger partial charge in [0.25, 0.3) is 0 Å². The summed E-state index contributed by atoms with van der Waals surface area (Å²) in [6.07, 6.45) is -0.995. The Labute approximate surface area is 222 Å². The lowest BCUT2D eigenvalue weighted by atomic mass is 10.2. The Morgan fingerprint density at radius 2 is 1.00 bits per heavy atom. The fourth-order valence-electron chi connectivity index (χ4n) is 2.52. The Hall–Kier alpha value is -2.59. The average molecular weight is 576 g/mol. The highest BCUT2D eigenvalue weighted by Gasteiger charge is 2.28. The number of hydrogen-bond donors (Lipinski definition) is 1. The van der Waals surface area contributed by atoms with Gasteiger partial charge in [0, 0.05) is 6.54 Å². The molecule has 0 saturated carbocycles. The Morgan fingerprint density at radius 1 is 0.615 bits per heavy atom. The minimum absolute atomic E-state index is 0.0756. The minimum atomic E-state index is -2.35. The molecule has 0 bridgehead atoms.